The van der Waals surface area contributed by atoms with Gasteiger partial charge >= 0.3 is 5.69 Å². The number of hydrogen-bond donors (Lipinski definition) is 2. The average molecular weight is 416 g/mol. The van der Waals surface area contributed by atoms with Crippen LogP contribution in [0, 0.1) is 5.82 Å². The van der Waals surface area contributed by atoms with Crippen LogP contribution in [0.3, 0.4) is 0 Å². The van der Waals surface area contributed by atoms with E-state index in [1.165, 1.54) is 0 Å². The molecule has 31 heavy (non-hydrogen) atoms. The fraction of sp³-hybridized carbons (Fsp3) is 0.308. The lowest BCUT2D eigenvalue weighted by Gasteiger charge is -2.24. The Balaban J connectivity index is 1.42. The van der Waals surface area contributed by atoms with E-state index in [2.05, 4.69) is 22.1 Å². The quantitative estimate of drug-likeness (QED) is 0.613. The summed E-state index contributed by atoms with van der Waals surface area (Å²) in [6.07, 6.45) is 6.98. The van der Waals surface area contributed by atoms with Gasteiger partial charge in [-0.2, -0.15) is 0 Å². The van der Waals surface area contributed by atoms with Crippen LogP contribution >= 0.6 is 0 Å². The van der Waals surface area contributed by atoms with Gasteiger partial charge in [0.1, 0.15) is 5.82 Å². The predicted molar refractivity (Wildman–Crippen MR) is 120 cm³/mol. The second-order valence-corrected chi connectivity index (χ2v) is 8.68. The van der Waals surface area contributed by atoms with Crippen molar-refractivity contribution >= 4 is 5.57 Å². The Kier molecular flexibility index (Phi) is 5.18. The van der Waals surface area contributed by atoms with E-state index in [1.807, 2.05) is 36.4 Å². The van der Waals surface area contributed by atoms with Crippen molar-refractivity contribution in [3.8, 4) is 0 Å². The molecular weight excluding hydrogens is 391 g/mol. The third-order valence-electron chi connectivity index (χ3n) is 6.51. The van der Waals surface area contributed by atoms with Crippen LogP contribution in [0.25, 0.3) is 5.57 Å². The number of hydrogen-bond acceptors (Lipinski definition) is 2. The molecule has 2 aliphatic rings. The standard InChI is InChI=1S/C26H25FN2O2/c27-23-15-20(17-6-7-17)12-13-21(23)18-8-10-19(11-9-18)24-22(25(30)29-26(31)28-24)14-16-4-2-1-3-5-16/h1-5,8,12-13,15,17,19H,6-7,9-11,14H2,(H2,28,29,30,31). The first-order valence-electron chi connectivity index (χ1n) is 11.0. The Bertz CT molecular complexity index is 1250. The van der Waals surface area contributed by atoms with Crippen LogP contribution < -0.4 is 11.2 Å². The smallest absolute Gasteiger partial charge is 0.311 e. The van der Waals surface area contributed by atoms with E-state index in [0.717, 1.165) is 36.0 Å². The van der Waals surface area contributed by atoms with Crippen LogP contribution in [0.15, 0.2) is 64.2 Å². The first-order chi connectivity index (χ1) is 15.1. The fourth-order valence-electron chi connectivity index (χ4n) is 4.66. The van der Waals surface area contributed by atoms with Crippen molar-refractivity contribution in [3.63, 3.8) is 0 Å². The van der Waals surface area contributed by atoms with E-state index < -0.39 is 5.69 Å². The summed E-state index contributed by atoms with van der Waals surface area (Å²) in [5.74, 6) is 0.416. The highest BCUT2D eigenvalue weighted by Crippen LogP contribution is 2.42. The maximum Gasteiger partial charge on any atom is 0.325 e. The summed E-state index contributed by atoms with van der Waals surface area (Å²) < 4.78 is 14.7. The van der Waals surface area contributed by atoms with Crippen molar-refractivity contribution in [2.24, 2.45) is 0 Å². The Labute approximate surface area is 179 Å². The second kappa shape index (κ2) is 8.14. The minimum absolute atomic E-state index is 0.0336. The first-order valence-corrected chi connectivity index (χ1v) is 11.0. The lowest BCUT2D eigenvalue weighted by molar-refractivity contribution is 0.588. The maximum atomic E-state index is 14.7. The molecule has 158 valence electrons. The molecule has 4 nitrogen and oxygen atoms in total. The normalized spacial score (nSPS) is 18.6. The minimum Gasteiger partial charge on any atom is -0.311 e. The van der Waals surface area contributed by atoms with Gasteiger partial charge < -0.3 is 4.98 Å². The van der Waals surface area contributed by atoms with Gasteiger partial charge in [0.15, 0.2) is 0 Å². The van der Waals surface area contributed by atoms with E-state index in [0.29, 0.717) is 42.0 Å². The molecule has 1 saturated carbocycles. The Morgan fingerprint density at radius 1 is 0.935 bits per heavy atom. The molecule has 2 aliphatic carbocycles. The van der Waals surface area contributed by atoms with Crippen LogP contribution in [0.2, 0.25) is 0 Å². The van der Waals surface area contributed by atoms with Gasteiger partial charge in [0.25, 0.3) is 5.56 Å². The second-order valence-electron chi connectivity index (χ2n) is 8.68. The number of halogens is 1. The SMILES string of the molecule is O=c1[nH]c(C2CC=C(c3ccc(C4CC4)cc3F)CC2)c(Cc2ccccc2)c(=O)[nH]1. The highest BCUT2D eigenvalue weighted by atomic mass is 19.1. The number of aromatic nitrogens is 2. The van der Waals surface area contributed by atoms with E-state index in [9.17, 15) is 14.0 Å². The number of rotatable bonds is 5. The Morgan fingerprint density at radius 3 is 2.42 bits per heavy atom. The first kappa shape index (κ1) is 19.7. The van der Waals surface area contributed by atoms with Gasteiger partial charge in [-0.25, -0.2) is 9.18 Å². The minimum atomic E-state index is -0.478. The Hall–Kier alpha value is -3.21. The van der Waals surface area contributed by atoms with E-state index in [1.54, 1.807) is 6.07 Å². The number of allylic oxidation sites excluding steroid dienone is 2. The molecule has 0 radical (unpaired) electrons. The van der Waals surface area contributed by atoms with Crippen LogP contribution in [-0.4, -0.2) is 9.97 Å². The molecule has 2 aromatic carbocycles. The zero-order valence-electron chi connectivity index (χ0n) is 17.3. The molecule has 3 aromatic rings. The van der Waals surface area contributed by atoms with Crippen molar-refractivity contribution in [3.05, 3.63) is 109 Å². The van der Waals surface area contributed by atoms with Crippen LogP contribution in [0.1, 0.15) is 71.9 Å². The molecule has 0 spiro atoms. The molecule has 1 fully saturated rings. The van der Waals surface area contributed by atoms with Gasteiger partial charge in [0, 0.05) is 29.2 Å². The number of benzene rings is 2. The number of H-pyrrole nitrogens is 2. The molecule has 5 rings (SSSR count). The molecule has 1 aromatic heterocycles. The van der Waals surface area contributed by atoms with Gasteiger partial charge in [-0.3, -0.25) is 9.78 Å². The number of aromatic amines is 2. The highest BCUT2D eigenvalue weighted by molar-refractivity contribution is 5.67. The zero-order valence-corrected chi connectivity index (χ0v) is 17.3. The van der Waals surface area contributed by atoms with Crippen LogP contribution in [0.5, 0.6) is 0 Å². The lowest BCUT2D eigenvalue weighted by atomic mass is 9.82. The third kappa shape index (κ3) is 4.18. The van der Waals surface area contributed by atoms with Gasteiger partial charge in [-0.15, -0.1) is 0 Å². The van der Waals surface area contributed by atoms with Crippen molar-refractivity contribution < 1.29 is 4.39 Å². The fourth-order valence-corrected chi connectivity index (χ4v) is 4.66. The summed E-state index contributed by atoms with van der Waals surface area (Å²) in [6, 6.07) is 15.4. The predicted octanol–water partition coefficient (Wildman–Crippen LogP) is 5.02. The zero-order chi connectivity index (χ0) is 21.4. The molecule has 0 bridgehead atoms. The van der Waals surface area contributed by atoms with E-state index in [4.69, 9.17) is 0 Å². The molecule has 1 atom stereocenters. The van der Waals surface area contributed by atoms with Crippen molar-refractivity contribution in [1.29, 1.82) is 0 Å². The van der Waals surface area contributed by atoms with Crippen molar-refractivity contribution in [2.75, 3.05) is 0 Å². The third-order valence-corrected chi connectivity index (χ3v) is 6.51. The summed E-state index contributed by atoms with van der Waals surface area (Å²) in [5, 5.41) is 0. The monoisotopic (exact) mass is 416 g/mol. The molecule has 1 unspecified atom stereocenters. The van der Waals surface area contributed by atoms with Gasteiger partial charge in [0.05, 0.1) is 0 Å². The summed E-state index contributed by atoms with van der Waals surface area (Å²) in [7, 11) is 0. The summed E-state index contributed by atoms with van der Waals surface area (Å²) in [6.45, 7) is 0. The average Bonchev–Trinajstić information content (AvgIpc) is 3.62. The summed E-state index contributed by atoms with van der Waals surface area (Å²) >= 11 is 0. The maximum absolute atomic E-state index is 14.7. The topological polar surface area (TPSA) is 65.7 Å². The lowest BCUT2D eigenvalue weighted by Crippen LogP contribution is -2.30. The Morgan fingerprint density at radius 2 is 1.74 bits per heavy atom. The molecule has 0 amide bonds. The van der Waals surface area contributed by atoms with Crippen LogP contribution in [-0.2, 0) is 6.42 Å². The molecular formula is C26H25FN2O2. The summed E-state index contributed by atoms with van der Waals surface area (Å²) in [5.41, 5.74) is 4.30. The van der Waals surface area contributed by atoms with E-state index >= 15 is 0 Å². The van der Waals surface area contributed by atoms with Crippen molar-refractivity contribution in [1.82, 2.24) is 9.97 Å². The van der Waals surface area contributed by atoms with Gasteiger partial charge in [0.2, 0.25) is 0 Å². The molecule has 5 heteroatoms. The molecule has 2 N–H and O–H groups in total. The van der Waals surface area contributed by atoms with E-state index in [-0.39, 0.29) is 17.3 Å². The summed E-state index contributed by atoms with van der Waals surface area (Å²) in [4.78, 5) is 29.8. The van der Waals surface area contributed by atoms with Gasteiger partial charge in [-0.05, 0) is 60.8 Å². The largest absolute Gasteiger partial charge is 0.325 e. The molecule has 0 aliphatic heterocycles. The number of nitrogens with one attached hydrogen (secondary N) is 2. The molecule has 1 heterocycles. The highest BCUT2D eigenvalue weighted by Gasteiger charge is 2.26. The molecule has 0 saturated heterocycles. The van der Waals surface area contributed by atoms with Gasteiger partial charge in [-0.1, -0.05) is 48.5 Å². The van der Waals surface area contributed by atoms with Crippen LogP contribution in [0.4, 0.5) is 4.39 Å². The van der Waals surface area contributed by atoms with Crippen molar-refractivity contribution in [2.45, 2.75) is 50.4 Å².